The Morgan fingerprint density at radius 3 is 2.82 bits per heavy atom. The fourth-order valence-corrected chi connectivity index (χ4v) is 1.62. The second-order valence-electron chi connectivity index (χ2n) is 3.14. The first-order chi connectivity index (χ1) is 8.02. The molecule has 7 nitrogen and oxygen atoms in total. The maximum absolute atomic E-state index is 11.7. The number of nitrogens with one attached hydrogen (secondary N) is 1. The molecule has 8 heteroatoms. The van der Waals surface area contributed by atoms with Gasteiger partial charge in [-0.1, -0.05) is 6.08 Å². The molecule has 0 fully saturated rings. The van der Waals surface area contributed by atoms with Crippen molar-refractivity contribution in [2.24, 2.45) is 0 Å². The molecule has 0 atom stereocenters. The Kier molecular flexibility index (Phi) is 4.58. The Morgan fingerprint density at radius 1 is 1.65 bits per heavy atom. The number of anilines is 1. The number of hydrogen-bond donors (Lipinski definition) is 2. The minimum atomic E-state index is -1.09. The average Bonchev–Trinajstić information content (AvgIpc) is 2.62. The number of carboxylic acids is 1. The molecule has 0 aliphatic heterocycles. The predicted octanol–water partition coefficient (Wildman–Crippen LogP) is 0.951. The van der Waals surface area contributed by atoms with Gasteiger partial charge in [0.25, 0.3) is 0 Å². The Bertz CT molecular complexity index is 432. The van der Waals surface area contributed by atoms with Gasteiger partial charge in [-0.15, -0.1) is 6.58 Å². The summed E-state index contributed by atoms with van der Waals surface area (Å²) < 4.78 is 3.90. The molecule has 2 amide bonds. The third-order valence-electron chi connectivity index (χ3n) is 1.70. The van der Waals surface area contributed by atoms with Crippen LogP contribution in [-0.2, 0) is 4.79 Å². The van der Waals surface area contributed by atoms with Crippen molar-refractivity contribution in [3.8, 4) is 0 Å². The summed E-state index contributed by atoms with van der Waals surface area (Å²) in [6.45, 7) is 4.92. The van der Waals surface area contributed by atoms with Crippen LogP contribution < -0.4 is 5.32 Å². The van der Waals surface area contributed by atoms with Gasteiger partial charge in [0.2, 0.25) is 5.13 Å². The van der Waals surface area contributed by atoms with E-state index in [0.717, 1.165) is 16.4 Å². The average molecular weight is 256 g/mol. The fourth-order valence-electron chi connectivity index (χ4n) is 1.06. The molecule has 0 radical (unpaired) electrons. The van der Waals surface area contributed by atoms with Crippen LogP contribution in [0.1, 0.15) is 5.82 Å². The maximum Gasteiger partial charge on any atom is 0.324 e. The van der Waals surface area contributed by atoms with Crippen LogP contribution in [0.5, 0.6) is 0 Å². The highest BCUT2D eigenvalue weighted by atomic mass is 32.1. The zero-order valence-electron chi connectivity index (χ0n) is 9.21. The highest BCUT2D eigenvalue weighted by Crippen LogP contribution is 2.10. The van der Waals surface area contributed by atoms with Crippen molar-refractivity contribution < 1.29 is 14.7 Å². The fraction of sp³-hybridized carbons (Fsp3) is 0.333. The van der Waals surface area contributed by atoms with E-state index in [2.05, 4.69) is 21.3 Å². The first-order valence-corrected chi connectivity index (χ1v) is 5.49. The number of hydrogen-bond acceptors (Lipinski definition) is 5. The summed E-state index contributed by atoms with van der Waals surface area (Å²) >= 11 is 1.04. The number of nitrogens with zero attached hydrogens (tertiary/aromatic N) is 3. The lowest BCUT2D eigenvalue weighted by Crippen LogP contribution is -2.38. The van der Waals surface area contributed by atoms with Crippen molar-refractivity contribution in [3.63, 3.8) is 0 Å². The standard InChI is InChI=1S/C9H12N4O3S/c1-3-4-13(5-7(14)15)9(16)11-8-10-6(2)12-17-8/h3H,1,4-5H2,2H3,(H,14,15)(H,10,11,12,16). The van der Waals surface area contributed by atoms with E-state index in [4.69, 9.17) is 5.11 Å². The van der Waals surface area contributed by atoms with E-state index in [0.29, 0.717) is 11.0 Å². The largest absolute Gasteiger partial charge is 0.480 e. The van der Waals surface area contributed by atoms with E-state index >= 15 is 0 Å². The highest BCUT2D eigenvalue weighted by Gasteiger charge is 2.16. The second-order valence-corrected chi connectivity index (χ2v) is 3.89. The minimum absolute atomic E-state index is 0.149. The second kappa shape index (κ2) is 5.94. The van der Waals surface area contributed by atoms with E-state index in [-0.39, 0.29) is 6.54 Å². The van der Waals surface area contributed by atoms with Gasteiger partial charge in [-0.05, 0) is 6.92 Å². The van der Waals surface area contributed by atoms with Crippen LogP contribution in [0, 0.1) is 6.92 Å². The lowest BCUT2D eigenvalue weighted by atomic mass is 10.5. The third-order valence-corrected chi connectivity index (χ3v) is 2.43. The number of amides is 2. The van der Waals surface area contributed by atoms with Crippen LogP contribution in [0.3, 0.4) is 0 Å². The van der Waals surface area contributed by atoms with Crippen molar-refractivity contribution in [2.45, 2.75) is 6.92 Å². The first kappa shape index (κ1) is 13.1. The number of aryl methyl sites for hydroxylation is 1. The molecular formula is C9H12N4O3S. The molecule has 1 rings (SSSR count). The van der Waals surface area contributed by atoms with Gasteiger partial charge in [-0.25, -0.2) is 9.78 Å². The number of urea groups is 1. The van der Waals surface area contributed by atoms with Gasteiger partial charge in [0, 0.05) is 18.1 Å². The van der Waals surface area contributed by atoms with Crippen molar-refractivity contribution in [3.05, 3.63) is 18.5 Å². The SMILES string of the molecule is C=CCN(CC(=O)O)C(=O)Nc1nc(C)ns1. The van der Waals surface area contributed by atoms with Gasteiger partial charge in [0.05, 0.1) is 0 Å². The summed E-state index contributed by atoms with van der Waals surface area (Å²) in [5, 5.41) is 11.5. The normalized spacial score (nSPS) is 9.71. The molecule has 0 unspecified atom stereocenters. The molecule has 2 N–H and O–H groups in total. The molecule has 0 spiro atoms. The molecule has 0 aliphatic rings. The number of aromatic nitrogens is 2. The quantitative estimate of drug-likeness (QED) is 0.765. The van der Waals surface area contributed by atoms with E-state index in [9.17, 15) is 9.59 Å². The van der Waals surface area contributed by atoms with Crippen molar-refractivity contribution in [1.82, 2.24) is 14.3 Å². The predicted molar refractivity (Wildman–Crippen MR) is 63.1 cm³/mol. The molecule has 92 valence electrons. The Morgan fingerprint density at radius 2 is 2.35 bits per heavy atom. The summed E-state index contributed by atoms with van der Waals surface area (Å²) in [6.07, 6.45) is 1.45. The summed E-state index contributed by atoms with van der Waals surface area (Å²) in [4.78, 5) is 27.3. The number of rotatable bonds is 5. The van der Waals surface area contributed by atoms with E-state index < -0.39 is 18.5 Å². The summed E-state index contributed by atoms with van der Waals surface area (Å²) in [6, 6.07) is -0.538. The van der Waals surface area contributed by atoms with Crippen LogP contribution in [0.15, 0.2) is 12.7 Å². The topological polar surface area (TPSA) is 95.4 Å². The monoisotopic (exact) mass is 256 g/mol. The lowest BCUT2D eigenvalue weighted by molar-refractivity contribution is -0.137. The zero-order valence-corrected chi connectivity index (χ0v) is 10.0. The number of carbonyl (C=O) groups excluding carboxylic acids is 1. The van der Waals surface area contributed by atoms with Crippen LogP contribution in [0.4, 0.5) is 9.93 Å². The molecule has 1 aromatic heterocycles. The summed E-state index contributed by atoms with van der Waals surface area (Å²) in [5.74, 6) is -0.533. The molecule has 1 heterocycles. The van der Waals surface area contributed by atoms with Gasteiger partial charge in [-0.2, -0.15) is 4.37 Å². The van der Waals surface area contributed by atoms with Crippen LogP contribution in [0.2, 0.25) is 0 Å². The highest BCUT2D eigenvalue weighted by molar-refractivity contribution is 7.09. The van der Waals surface area contributed by atoms with Gasteiger partial charge in [0.15, 0.2) is 0 Å². The molecular weight excluding hydrogens is 244 g/mol. The third kappa shape index (κ3) is 4.19. The smallest absolute Gasteiger partial charge is 0.324 e. The van der Waals surface area contributed by atoms with Crippen LogP contribution in [0.25, 0.3) is 0 Å². The number of aliphatic carboxylic acids is 1. The lowest BCUT2D eigenvalue weighted by Gasteiger charge is -2.18. The number of carboxylic acid groups (broad SMARTS) is 1. The van der Waals surface area contributed by atoms with Crippen molar-refractivity contribution in [2.75, 3.05) is 18.4 Å². The zero-order chi connectivity index (χ0) is 12.8. The van der Waals surface area contributed by atoms with Gasteiger partial charge in [-0.3, -0.25) is 10.1 Å². The Labute approximate surface area is 102 Å². The summed E-state index contributed by atoms with van der Waals surface area (Å²) in [5.41, 5.74) is 0. The van der Waals surface area contributed by atoms with Crippen molar-refractivity contribution in [1.29, 1.82) is 0 Å². The first-order valence-electron chi connectivity index (χ1n) is 4.72. The Hall–Kier alpha value is -1.96. The molecule has 0 saturated heterocycles. The van der Waals surface area contributed by atoms with Crippen molar-refractivity contribution >= 4 is 28.7 Å². The molecule has 0 aromatic carbocycles. The van der Waals surface area contributed by atoms with Crippen LogP contribution >= 0.6 is 11.5 Å². The van der Waals surface area contributed by atoms with Gasteiger partial charge >= 0.3 is 12.0 Å². The molecule has 0 bridgehead atoms. The van der Waals surface area contributed by atoms with Gasteiger partial charge < -0.3 is 10.0 Å². The summed E-state index contributed by atoms with van der Waals surface area (Å²) in [7, 11) is 0. The Balaban J connectivity index is 2.64. The molecule has 17 heavy (non-hydrogen) atoms. The van der Waals surface area contributed by atoms with Crippen LogP contribution in [-0.4, -0.2) is 44.5 Å². The van der Waals surface area contributed by atoms with E-state index in [1.807, 2.05) is 0 Å². The minimum Gasteiger partial charge on any atom is -0.480 e. The maximum atomic E-state index is 11.7. The molecule has 0 saturated carbocycles. The van der Waals surface area contributed by atoms with E-state index in [1.54, 1.807) is 6.92 Å². The van der Waals surface area contributed by atoms with E-state index in [1.165, 1.54) is 6.08 Å². The van der Waals surface area contributed by atoms with Gasteiger partial charge in [0.1, 0.15) is 12.4 Å². The number of carbonyl (C=O) groups is 2. The molecule has 0 aliphatic carbocycles. The molecule has 1 aromatic rings.